The molecule has 7 heteroatoms. The first-order valence-electron chi connectivity index (χ1n) is 6.42. The van der Waals surface area contributed by atoms with Gasteiger partial charge in [0.05, 0.1) is 12.4 Å². The van der Waals surface area contributed by atoms with Crippen LogP contribution in [0.25, 0.3) is 11.4 Å². The van der Waals surface area contributed by atoms with E-state index in [4.69, 9.17) is 10.6 Å². The van der Waals surface area contributed by atoms with E-state index in [1.807, 2.05) is 30.3 Å². The van der Waals surface area contributed by atoms with Crippen LogP contribution in [0.1, 0.15) is 6.92 Å². The predicted octanol–water partition coefficient (Wildman–Crippen LogP) is 2.08. The number of benzene rings is 1. The van der Waals surface area contributed by atoms with Gasteiger partial charge in [-0.2, -0.15) is 0 Å². The number of hydrogen-bond donors (Lipinski definition) is 2. The van der Waals surface area contributed by atoms with Crippen molar-refractivity contribution >= 4 is 23.5 Å². The highest BCUT2D eigenvalue weighted by molar-refractivity contribution is 7.99. The first kappa shape index (κ1) is 15.3. The number of carbonyl (C=O) groups is 1. The number of hydrazine groups is 1. The van der Waals surface area contributed by atoms with E-state index in [1.54, 1.807) is 13.0 Å². The van der Waals surface area contributed by atoms with Crippen LogP contribution in [-0.4, -0.2) is 28.3 Å². The minimum absolute atomic E-state index is 0.198. The molecule has 6 nitrogen and oxygen atoms in total. The van der Waals surface area contributed by atoms with Crippen LogP contribution in [0.5, 0.6) is 0 Å². The van der Waals surface area contributed by atoms with Crippen molar-refractivity contribution in [1.82, 2.24) is 9.97 Å². The Bertz CT molecular complexity index is 607. The zero-order valence-corrected chi connectivity index (χ0v) is 12.4. The van der Waals surface area contributed by atoms with Gasteiger partial charge in [-0.25, -0.2) is 15.8 Å². The van der Waals surface area contributed by atoms with Crippen LogP contribution in [-0.2, 0) is 9.53 Å². The highest BCUT2D eigenvalue weighted by Crippen LogP contribution is 2.23. The summed E-state index contributed by atoms with van der Waals surface area (Å²) >= 11 is 1.29. The van der Waals surface area contributed by atoms with Gasteiger partial charge < -0.3 is 10.2 Å². The number of aromatic nitrogens is 2. The molecule has 0 spiro atoms. The van der Waals surface area contributed by atoms with Crippen molar-refractivity contribution in [2.75, 3.05) is 17.8 Å². The van der Waals surface area contributed by atoms with Crippen molar-refractivity contribution in [1.29, 1.82) is 0 Å². The molecular formula is C14H16N4O2S. The highest BCUT2D eigenvalue weighted by atomic mass is 32.2. The van der Waals surface area contributed by atoms with Crippen LogP contribution in [0.4, 0.5) is 5.82 Å². The Morgan fingerprint density at radius 1 is 1.33 bits per heavy atom. The Labute approximate surface area is 127 Å². The number of anilines is 1. The molecular weight excluding hydrogens is 288 g/mol. The van der Waals surface area contributed by atoms with Crippen LogP contribution >= 0.6 is 11.8 Å². The SMILES string of the molecule is CCOC(=O)CSc1cc(NN)nc(-c2ccccc2)n1. The zero-order chi connectivity index (χ0) is 15.1. The fourth-order valence-corrected chi connectivity index (χ4v) is 2.32. The van der Waals surface area contributed by atoms with Gasteiger partial charge >= 0.3 is 5.97 Å². The second kappa shape index (κ2) is 7.61. The summed E-state index contributed by atoms with van der Waals surface area (Å²) in [4.78, 5) is 20.1. The topological polar surface area (TPSA) is 90.1 Å². The molecule has 0 aliphatic heterocycles. The van der Waals surface area contributed by atoms with E-state index >= 15 is 0 Å². The summed E-state index contributed by atoms with van der Waals surface area (Å²) in [5.41, 5.74) is 3.39. The number of hydrogen-bond acceptors (Lipinski definition) is 7. The molecule has 0 bridgehead atoms. The molecule has 21 heavy (non-hydrogen) atoms. The standard InChI is InChI=1S/C14H16N4O2S/c1-2-20-13(19)9-21-12-8-11(18-15)16-14(17-12)10-6-4-3-5-7-10/h3-8H,2,9,15H2,1H3,(H,16,17,18). The molecule has 0 unspecified atom stereocenters. The molecule has 110 valence electrons. The van der Waals surface area contributed by atoms with E-state index in [9.17, 15) is 4.79 Å². The van der Waals surface area contributed by atoms with Crippen LogP contribution in [0, 0.1) is 0 Å². The van der Waals surface area contributed by atoms with Gasteiger partial charge in [0.25, 0.3) is 0 Å². The largest absolute Gasteiger partial charge is 0.465 e. The summed E-state index contributed by atoms with van der Waals surface area (Å²) in [5.74, 6) is 6.40. The molecule has 0 fully saturated rings. The lowest BCUT2D eigenvalue weighted by atomic mass is 10.2. The number of nitrogens with two attached hydrogens (primary N) is 1. The van der Waals surface area contributed by atoms with Crippen molar-refractivity contribution in [2.45, 2.75) is 11.9 Å². The normalized spacial score (nSPS) is 10.2. The van der Waals surface area contributed by atoms with Gasteiger partial charge in [0.2, 0.25) is 0 Å². The summed E-state index contributed by atoms with van der Waals surface area (Å²) < 4.78 is 4.89. The van der Waals surface area contributed by atoms with Crippen LogP contribution < -0.4 is 11.3 Å². The number of nitrogens with one attached hydrogen (secondary N) is 1. The zero-order valence-electron chi connectivity index (χ0n) is 11.6. The van der Waals surface area contributed by atoms with E-state index < -0.39 is 0 Å². The molecule has 1 aromatic carbocycles. The number of nitrogens with zero attached hydrogens (tertiary/aromatic N) is 2. The number of nitrogen functional groups attached to an aromatic ring is 1. The summed E-state index contributed by atoms with van der Waals surface area (Å²) in [5, 5.41) is 0.657. The second-order valence-electron chi connectivity index (χ2n) is 4.02. The molecule has 1 heterocycles. The van der Waals surface area contributed by atoms with Crippen LogP contribution in [0.3, 0.4) is 0 Å². The molecule has 2 rings (SSSR count). The molecule has 3 N–H and O–H groups in total. The summed E-state index contributed by atoms with van der Waals surface area (Å²) in [7, 11) is 0. The maximum atomic E-state index is 11.4. The first-order chi connectivity index (χ1) is 10.2. The van der Waals surface area contributed by atoms with Gasteiger partial charge in [0.15, 0.2) is 5.82 Å². The minimum Gasteiger partial charge on any atom is -0.465 e. The van der Waals surface area contributed by atoms with E-state index in [1.165, 1.54) is 11.8 Å². The van der Waals surface area contributed by atoms with E-state index in [0.717, 1.165) is 5.56 Å². The average molecular weight is 304 g/mol. The quantitative estimate of drug-likeness (QED) is 0.277. The fraction of sp³-hybridized carbons (Fsp3) is 0.214. The second-order valence-corrected chi connectivity index (χ2v) is 5.01. The maximum Gasteiger partial charge on any atom is 0.316 e. The van der Waals surface area contributed by atoms with Gasteiger partial charge in [-0.3, -0.25) is 4.79 Å². The average Bonchev–Trinajstić information content (AvgIpc) is 2.54. The Morgan fingerprint density at radius 3 is 2.76 bits per heavy atom. The van der Waals surface area contributed by atoms with Crippen molar-refractivity contribution < 1.29 is 9.53 Å². The highest BCUT2D eigenvalue weighted by Gasteiger charge is 2.09. The third kappa shape index (κ3) is 4.44. The van der Waals surface area contributed by atoms with Gasteiger partial charge in [-0.15, -0.1) is 0 Å². The van der Waals surface area contributed by atoms with Gasteiger partial charge in [0.1, 0.15) is 10.8 Å². The molecule has 0 aliphatic carbocycles. The lowest BCUT2D eigenvalue weighted by Crippen LogP contribution is -2.10. The van der Waals surface area contributed by atoms with Crippen molar-refractivity contribution in [3.63, 3.8) is 0 Å². The molecule has 0 saturated carbocycles. The third-order valence-electron chi connectivity index (χ3n) is 2.53. The van der Waals surface area contributed by atoms with Gasteiger partial charge in [-0.1, -0.05) is 42.1 Å². The van der Waals surface area contributed by atoms with E-state index in [0.29, 0.717) is 23.3 Å². The monoisotopic (exact) mass is 304 g/mol. The molecule has 0 amide bonds. The summed E-state index contributed by atoms with van der Waals surface area (Å²) in [6, 6.07) is 11.3. The number of esters is 1. The lowest BCUT2D eigenvalue weighted by molar-refractivity contribution is -0.139. The number of carbonyl (C=O) groups excluding carboxylic acids is 1. The summed E-state index contributed by atoms with van der Waals surface area (Å²) in [6.45, 7) is 2.14. The van der Waals surface area contributed by atoms with Crippen LogP contribution in [0.2, 0.25) is 0 Å². The first-order valence-corrected chi connectivity index (χ1v) is 7.41. The van der Waals surface area contributed by atoms with E-state index in [-0.39, 0.29) is 11.7 Å². The van der Waals surface area contributed by atoms with E-state index in [2.05, 4.69) is 15.4 Å². The van der Waals surface area contributed by atoms with Gasteiger partial charge in [-0.05, 0) is 6.92 Å². The molecule has 0 saturated heterocycles. The fourth-order valence-electron chi connectivity index (χ4n) is 1.62. The predicted molar refractivity (Wildman–Crippen MR) is 82.6 cm³/mol. The lowest BCUT2D eigenvalue weighted by Gasteiger charge is -2.07. The Hall–Kier alpha value is -2.12. The van der Waals surface area contributed by atoms with Crippen molar-refractivity contribution in [2.24, 2.45) is 5.84 Å². The Morgan fingerprint density at radius 2 is 2.10 bits per heavy atom. The van der Waals surface area contributed by atoms with Crippen molar-refractivity contribution in [3.05, 3.63) is 36.4 Å². The molecule has 2 aromatic rings. The molecule has 0 radical (unpaired) electrons. The van der Waals surface area contributed by atoms with Crippen LogP contribution in [0.15, 0.2) is 41.4 Å². The Balaban J connectivity index is 2.20. The smallest absolute Gasteiger partial charge is 0.316 e. The number of rotatable bonds is 6. The van der Waals surface area contributed by atoms with Crippen molar-refractivity contribution in [3.8, 4) is 11.4 Å². The summed E-state index contributed by atoms with van der Waals surface area (Å²) in [6.07, 6.45) is 0. The minimum atomic E-state index is -0.273. The maximum absolute atomic E-state index is 11.4. The molecule has 0 aliphatic rings. The third-order valence-corrected chi connectivity index (χ3v) is 3.41. The number of ether oxygens (including phenoxy) is 1. The molecule has 0 atom stereocenters. The van der Waals surface area contributed by atoms with Gasteiger partial charge in [0, 0.05) is 11.6 Å². The Kier molecular flexibility index (Phi) is 5.53. The molecule has 1 aromatic heterocycles. The number of thioether (sulfide) groups is 1.